The standard InChI is InChI=1S/C20H19N3O5/c1-12(2)28-17-13(6-4-8-16(17)27-3)10-15-18(24)22-20(26)23(19(15)25)14-7-5-9-21-11-14/h4-12H,1-3H3,(H,22,24,26)/b15-10+. The molecule has 0 atom stereocenters. The minimum absolute atomic E-state index is 0.155. The summed E-state index contributed by atoms with van der Waals surface area (Å²) in [6.45, 7) is 3.70. The third kappa shape index (κ3) is 3.71. The summed E-state index contributed by atoms with van der Waals surface area (Å²) in [6.07, 6.45) is 4.11. The van der Waals surface area contributed by atoms with E-state index in [1.165, 1.54) is 25.6 Å². The zero-order valence-corrected chi connectivity index (χ0v) is 15.6. The maximum Gasteiger partial charge on any atom is 0.336 e. The quantitative estimate of drug-likeness (QED) is 0.631. The predicted molar refractivity (Wildman–Crippen MR) is 102 cm³/mol. The van der Waals surface area contributed by atoms with Crippen LogP contribution in [0.2, 0.25) is 0 Å². The average molecular weight is 381 g/mol. The number of nitrogens with zero attached hydrogens (tertiary/aromatic N) is 2. The Balaban J connectivity index is 2.07. The average Bonchev–Trinajstić information content (AvgIpc) is 2.66. The first-order chi connectivity index (χ1) is 13.4. The van der Waals surface area contributed by atoms with Crippen LogP contribution in [0.3, 0.4) is 0 Å². The van der Waals surface area contributed by atoms with Crippen LogP contribution in [-0.4, -0.2) is 36.0 Å². The summed E-state index contributed by atoms with van der Waals surface area (Å²) in [4.78, 5) is 42.2. The largest absolute Gasteiger partial charge is 0.493 e. The zero-order valence-electron chi connectivity index (χ0n) is 15.6. The van der Waals surface area contributed by atoms with Gasteiger partial charge in [-0.05, 0) is 38.1 Å². The third-order valence-corrected chi connectivity index (χ3v) is 3.89. The van der Waals surface area contributed by atoms with Crippen LogP contribution >= 0.6 is 0 Å². The van der Waals surface area contributed by atoms with Gasteiger partial charge in [-0.3, -0.25) is 19.9 Å². The van der Waals surface area contributed by atoms with Crippen molar-refractivity contribution in [3.63, 3.8) is 0 Å². The number of carbonyl (C=O) groups excluding carboxylic acids is 3. The highest BCUT2D eigenvalue weighted by Crippen LogP contribution is 2.34. The van der Waals surface area contributed by atoms with Gasteiger partial charge in [-0.15, -0.1) is 0 Å². The number of hydrogen-bond donors (Lipinski definition) is 1. The molecule has 4 amide bonds. The van der Waals surface area contributed by atoms with Gasteiger partial charge in [0.25, 0.3) is 11.8 Å². The highest BCUT2D eigenvalue weighted by atomic mass is 16.5. The topological polar surface area (TPSA) is 97.8 Å². The number of ether oxygens (including phenoxy) is 2. The normalized spacial score (nSPS) is 15.8. The number of carbonyl (C=O) groups is 3. The number of barbiturate groups is 1. The van der Waals surface area contributed by atoms with Crippen LogP contribution in [0.5, 0.6) is 11.5 Å². The van der Waals surface area contributed by atoms with Gasteiger partial charge in [0, 0.05) is 11.8 Å². The number of hydrogen-bond acceptors (Lipinski definition) is 6. The Labute approximate surface area is 161 Å². The van der Waals surface area contributed by atoms with Crippen molar-refractivity contribution < 1.29 is 23.9 Å². The molecule has 28 heavy (non-hydrogen) atoms. The Bertz CT molecular complexity index is 954. The summed E-state index contributed by atoms with van der Waals surface area (Å²) in [5.41, 5.74) is 0.532. The number of pyridine rings is 1. The summed E-state index contributed by atoms with van der Waals surface area (Å²) in [7, 11) is 1.50. The minimum Gasteiger partial charge on any atom is -0.493 e. The first kappa shape index (κ1) is 19.1. The molecule has 2 heterocycles. The number of amides is 4. The molecule has 1 saturated heterocycles. The van der Waals surface area contributed by atoms with E-state index in [0.717, 1.165) is 4.90 Å². The Morgan fingerprint density at radius 3 is 2.57 bits per heavy atom. The lowest BCUT2D eigenvalue weighted by atomic mass is 10.1. The van der Waals surface area contributed by atoms with Crippen molar-refractivity contribution in [1.82, 2.24) is 10.3 Å². The second-order valence-electron chi connectivity index (χ2n) is 6.21. The van der Waals surface area contributed by atoms with Gasteiger partial charge in [0.1, 0.15) is 5.57 Å². The Morgan fingerprint density at radius 1 is 1.14 bits per heavy atom. The molecule has 3 rings (SSSR count). The molecule has 8 nitrogen and oxygen atoms in total. The predicted octanol–water partition coefficient (Wildman–Crippen LogP) is 2.54. The maximum absolute atomic E-state index is 12.9. The number of nitrogens with one attached hydrogen (secondary N) is 1. The Kier molecular flexibility index (Phi) is 5.39. The van der Waals surface area contributed by atoms with Crippen molar-refractivity contribution in [3.8, 4) is 11.5 Å². The van der Waals surface area contributed by atoms with Crippen LogP contribution in [-0.2, 0) is 9.59 Å². The number of anilines is 1. The number of urea groups is 1. The summed E-state index contributed by atoms with van der Waals surface area (Å²) >= 11 is 0. The molecular formula is C20H19N3O5. The van der Waals surface area contributed by atoms with E-state index < -0.39 is 17.8 Å². The number of benzene rings is 1. The van der Waals surface area contributed by atoms with Gasteiger partial charge in [-0.1, -0.05) is 12.1 Å². The van der Waals surface area contributed by atoms with Gasteiger partial charge >= 0.3 is 6.03 Å². The molecule has 0 saturated carbocycles. The first-order valence-electron chi connectivity index (χ1n) is 8.57. The zero-order chi connectivity index (χ0) is 20.3. The molecule has 1 aromatic carbocycles. The van der Waals surface area contributed by atoms with E-state index in [-0.39, 0.29) is 17.4 Å². The molecule has 1 aliphatic heterocycles. The van der Waals surface area contributed by atoms with Crippen molar-refractivity contribution in [2.24, 2.45) is 0 Å². The van der Waals surface area contributed by atoms with Crippen LogP contribution < -0.4 is 19.7 Å². The SMILES string of the molecule is COc1cccc(/C=C2\C(=O)NC(=O)N(c3cccnc3)C2=O)c1OC(C)C. The fourth-order valence-electron chi connectivity index (χ4n) is 2.70. The lowest BCUT2D eigenvalue weighted by Gasteiger charge is -2.26. The summed E-state index contributed by atoms with van der Waals surface area (Å²) in [5, 5.41) is 2.18. The molecule has 1 N–H and O–H groups in total. The van der Waals surface area contributed by atoms with Gasteiger partial charge in [0.05, 0.1) is 25.1 Å². The molecule has 8 heteroatoms. The highest BCUT2D eigenvalue weighted by molar-refractivity contribution is 6.39. The molecule has 0 unspecified atom stereocenters. The number of methoxy groups -OCH3 is 1. The van der Waals surface area contributed by atoms with Gasteiger partial charge < -0.3 is 9.47 Å². The third-order valence-electron chi connectivity index (χ3n) is 3.89. The molecule has 1 aliphatic rings. The monoisotopic (exact) mass is 381 g/mol. The molecule has 0 bridgehead atoms. The molecule has 2 aromatic rings. The van der Waals surface area contributed by atoms with E-state index in [1.807, 2.05) is 13.8 Å². The van der Waals surface area contributed by atoms with Gasteiger partial charge in [0.15, 0.2) is 11.5 Å². The second kappa shape index (κ2) is 7.91. The van der Waals surface area contributed by atoms with Gasteiger partial charge in [-0.25, -0.2) is 9.69 Å². The van der Waals surface area contributed by atoms with Crippen molar-refractivity contribution >= 4 is 29.6 Å². The van der Waals surface area contributed by atoms with Crippen molar-refractivity contribution in [2.75, 3.05) is 12.0 Å². The fraction of sp³-hybridized carbons (Fsp3) is 0.200. The smallest absolute Gasteiger partial charge is 0.336 e. The van der Waals surface area contributed by atoms with Crippen LogP contribution in [0.15, 0.2) is 48.3 Å². The molecule has 1 aromatic heterocycles. The van der Waals surface area contributed by atoms with Crippen molar-refractivity contribution in [2.45, 2.75) is 20.0 Å². The molecule has 0 aliphatic carbocycles. The first-order valence-corrected chi connectivity index (χ1v) is 8.57. The number of para-hydroxylation sites is 1. The van der Waals surface area contributed by atoms with Gasteiger partial charge in [0.2, 0.25) is 0 Å². The van der Waals surface area contributed by atoms with Crippen molar-refractivity contribution in [3.05, 3.63) is 53.9 Å². The summed E-state index contributed by atoms with van der Waals surface area (Å²) in [6, 6.07) is 7.44. The second-order valence-corrected chi connectivity index (χ2v) is 6.21. The minimum atomic E-state index is -0.829. The molecule has 144 valence electrons. The number of rotatable bonds is 5. The Hall–Kier alpha value is -3.68. The van der Waals surface area contributed by atoms with Crippen LogP contribution in [0.4, 0.5) is 10.5 Å². The van der Waals surface area contributed by atoms with Crippen LogP contribution in [0.25, 0.3) is 6.08 Å². The van der Waals surface area contributed by atoms with E-state index in [2.05, 4.69) is 10.3 Å². The molecule has 1 fully saturated rings. The fourth-order valence-corrected chi connectivity index (χ4v) is 2.70. The van der Waals surface area contributed by atoms with E-state index in [9.17, 15) is 14.4 Å². The van der Waals surface area contributed by atoms with Gasteiger partial charge in [-0.2, -0.15) is 0 Å². The number of aromatic nitrogens is 1. The molecular weight excluding hydrogens is 362 g/mol. The van der Waals surface area contributed by atoms with E-state index in [4.69, 9.17) is 9.47 Å². The lowest BCUT2D eigenvalue weighted by molar-refractivity contribution is -0.122. The van der Waals surface area contributed by atoms with E-state index >= 15 is 0 Å². The maximum atomic E-state index is 12.9. The van der Waals surface area contributed by atoms with E-state index in [0.29, 0.717) is 17.1 Å². The molecule has 0 spiro atoms. The highest BCUT2D eigenvalue weighted by Gasteiger charge is 2.37. The Morgan fingerprint density at radius 2 is 1.93 bits per heavy atom. The van der Waals surface area contributed by atoms with Crippen LogP contribution in [0, 0.1) is 0 Å². The van der Waals surface area contributed by atoms with E-state index in [1.54, 1.807) is 30.3 Å². The van der Waals surface area contributed by atoms with Crippen LogP contribution in [0.1, 0.15) is 19.4 Å². The number of imide groups is 2. The molecule has 0 radical (unpaired) electrons. The summed E-state index contributed by atoms with van der Waals surface area (Å²) < 4.78 is 11.1. The van der Waals surface area contributed by atoms with Crippen molar-refractivity contribution in [1.29, 1.82) is 0 Å². The summed E-state index contributed by atoms with van der Waals surface area (Å²) in [5.74, 6) is -0.668. The lowest BCUT2D eigenvalue weighted by Crippen LogP contribution is -2.54.